The molecule has 19 heavy (non-hydrogen) atoms. The highest BCUT2D eigenvalue weighted by Gasteiger charge is 2.13. The van der Waals surface area contributed by atoms with Gasteiger partial charge in [0.2, 0.25) is 5.91 Å². The van der Waals surface area contributed by atoms with Crippen molar-refractivity contribution in [2.24, 2.45) is 5.73 Å². The summed E-state index contributed by atoms with van der Waals surface area (Å²) in [5, 5.41) is 3.51. The van der Waals surface area contributed by atoms with Crippen LogP contribution in [0.4, 0.5) is 11.4 Å². The third kappa shape index (κ3) is 3.88. The quantitative estimate of drug-likeness (QED) is 0.732. The zero-order valence-electron chi connectivity index (χ0n) is 11.3. The van der Waals surface area contributed by atoms with E-state index in [0.717, 1.165) is 5.69 Å². The minimum absolute atomic E-state index is 0.441. The minimum atomic E-state index is -0.441. The van der Waals surface area contributed by atoms with Crippen LogP contribution < -0.4 is 16.8 Å². The Morgan fingerprint density at radius 3 is 2.32 bits per heavy atom. The summed E-state index contributed by atoms with van der Waals surface area (Å²) in [6.07, 6.45) is 8.95. The molecule has 1 amide bonds. The second kappa shape index (κ2) is 6.45. The molecule has 1 fully saturated rings. The summed E-state index contributed by atoms with van der Waals surface area (Å²) in [5.41, 5.74) is 13.2. The van der Waals surface area contributed by atoms with Gasteiger partial charge in [-0.3, -0.25) is 4.79 Å². The Labute approximate surface area is 114 Å². The van der Waals surface area contributed by atoms with E-state index in [1.165, 1.54) is 44.9 Å². The van der Waals surface area contributed by atoms with Gasteiger partial charge in [-0.1, -0.05) is 32.1 Å². The van der Waals surface area contributed by atoms with E-state index in [1.54, 1.807) is 12.1 Å². The van der Waals surface area contributed by atoms with Gasteiger partial charge in [0.1, 0.15) is 0 Å². The van der Waals surface area contributed by atoms with Gasteiger partial charge in [-0.05, 0) is 31.0 Å². The second-order valence-corrected chi connectivity index (χ2v) is 5.35. The van der Waals surface area contributed by atoms with E-state index < -0.39 is 5.91 Å². The van der Waals surface area contributed by atoms with Crippen LogP contribution in [0.25, 0.3) is 0 Å². The van der Waals surface area contributed by atoms with E-state index in [2.05, 4.69) is 5.32 Å². The molecule has 0 radical (unpaired) electrons. The number of carbonyl (C=O) groups excluding carboxylic acids is 1. The normalized spacial score (nSPS) is 17.5. The van der Waals surface area contributed by atoms with E-state index in [0.29, 0.717) is 17.3 Å². The zero-order chi connectivity index (χ0) is 13.7. The van der Waals surface area contributed by atoms with Crippen LogP contribution in [-0.4, -0.2) is 11.9 Å². The average molecular weight is 261 g/mol. The van der Waals surface area contributed by atoms with Crippen LogP contribution in [-0.2, 0) is 0 Å². The fraction of sp³-hybridized carbons (Fsp3) is 0.533. The van der Waals surface area contributed by atoms with E-state index >= 15 is 0 Å². The molecule has 1 aromatic carbocycles. The molecule has 0 saturated heterocycles. The van der Waals surface area contributed by atoms with Crippen LogP contribution >= 0.6 is 0 Å². The molecular weight excluding hydrogens is 238 g/mol. The molecule has 1 aliphatic rings. The van der Waals surface area contributed by atoms with Gasteiger partial charge in [0.15, 0.2) is 0 Å². The average Bonchev–Trinajstić information content (AvgIpc) is 2.34. The first-order valence-electron chi connectivity index (χ1n) is 7.12. The minimum Gasteiger partial charge on any atom is -0.397 e. The van der Waals surface area contributed by atoms with Gasteiger partial charge in [0.25, 0.3) is 0 Å². The number of nitrogen functional groups attached to an aromatic ring is 1. The Balaban J connectivity index is 2.03. The molecule has 0 aromatic heterocycles. The SMILES string of the molecule is NC(=O)c1ccc(NC2CCCCCCC2)c(N)c1. The molecule has 2 rings (SSSR count). The van der Waals surface area contributed by atoms with Crippen molar-refractivity contribution in [1.29, 1.82) is 0 Å². The summed E-state index contributed by atoms with van der Waals surface area (Å²) in [5.74, 6) is -0.441. The summed E-state index contributed by atoms with van der Waals surface area (Å²) in [7, 11) is 0. The van der Waals surface area contributed by atoms with Gasteiger partial charge in [0, 0.05) is 11.6 Å². The Morgan fingerprint density at radius 2 is 1.74 bits per heavy atom. The molecule has 5 N–H and O–H groups in total. The predicted octanol–water partition coefficient (Wildman–Crippen LogP) is 2.89. The van der Waals surface area contributed by atoms with E-state index in [9.17, 15) is 4.79 Å². The van der Waals surface area contributed by atoms with Gasteiger partial charge in [-0.15, -0.1) is 0 Å². The molecule has 1 aromatic rings. The van der Waals surface area contributed by atoms with Gasteiger partial charge in [-0.2, -0.15) is 0 Å². The van der Waals surface area contributed by atoms with Crippen LogP contribution in [0.5, 0.6) is 0 Å². The smallest absolute Gasteiger partial charge is 0.248 e. The van der Waals surface area contributed by atoms with Crippen molar-refractivity contribution in [2.45, 2.75) is 51.0 Å². The van der Waals surface area contributed by atoms with Gasteiger partial charge in [0.05, 0.1) is 11.4 Å². The topological polar surface area (TPSA) is 81.1 Å². The Morgan fingerprint density at radius 1 is 1.11 bits per heavy atom. The van der Waals surface area contributed by atoms with Crippen LogP contribution in [0.3, 0.4) is 0 Å². The van der Waals surface area contributed by atoms with Gasteiger partial charge in [-0.25, -0.2) is 0 Å². The van der Waals surface area contributed by atoms with Crippen LogP contribution in [0, 0.1) is 0 Å². The molecule has 4 heteroatoms. The molecule has 4 nitrogen and oxygen atoms in total. The maximum Gasteiger partial charge on any atom is 0.248 e. The molecule has 0 aliphatic heterocycles. The molecule has 0 unspecified atom stereocenters. The number of nitrogens with one attached hydrogen (secondary N) is 1. The Bertz CT molecular complexity index is 437. The van der Waals surface area contributed by atoms with Crippen LogP contribution in [0.2, 0.25) is 0 Å². The highest BCUT2D eigenvalue weighted by Crippen LogP contribution is 2.25. The maximum atomic E-state index is 11.1. The fourth-order valence-electron chi connectivity index (χ4n) is 2.67. The van der Waals surface area contributed by atoms with Crippen molar-refractivity contribution >= 4 is 17.3 Å². The zero-order valence-corrected chi connectivity index (χ0v) is 11.3. The molecular formula is C15H23N3O. The number of hydrogen-bond donors (Lipinski definition) is 3. The van der Waals surface area contributed by atoms with E-state index in [-0.39, 0.29) is 0 Å². The number of anilines is 2. The number of rotatable bonds is 3. The standard InChI is InChI=1S/C15H23N3O/c16-13-10-11(15(17)19)8-9-14(13)18-12-6-4-2-1-3-5-7-12/h8-10,12,18H,1-7,16H2,(H2,17,19). The molecule has 104 valence electrons. The van der Waals surface area contributed by atoms with Crippen molar-refractivity contribution < 1.29 is 4.79 Å². The number of benzene rings is 1. The first kappa shape index (κ1) is 13.7. The molecule has 1 aliphatic carbocycles. The summed E-state index contributed by atoms with van der Waals surface area (Å²) < 4.78 is 0. The maximum absolute atomic E-state index is 11.1. The fourth-order valence-corrected chi connectivity index (χ4v) is 2.67. The molecule has 0 bridgehead atoms. The van der Waals surface area contributed by atoms with Gasteiger partial charge >= 0.3 is 0 Å². The third-order valence-electron chi connectivity index (χ3n) is 3.80. The number of hydrogen-bond acceptors (Lipinski definition) is 3. The van der Waals surface area contributed by atoms with E-state index in [4.69, 9.17) is 11.5 Å². The first-order valence-corrected chi connectivity index (χ1v) is 7.12. The highest BCUT2D eigenvalue weighted by atomic mass is 16.1. The molecule has 0 heterocycles. The lowest BCUT2D eigenvalue weighted by Crippen LogP contribution is -2.21. The monoisotopic (exact) mass is 261 g/mol. The Kier molecular flexibility index (Phi) is 4.66. The summed E-state index contributed by atoms with van der Waals surface area (Å²) >= 11 is 0. The Hall–Kier alpha value is -1.71. The first-order chi connectivity index (χ1) is 9.16. The number of primary amides is 1. The van der Waals surface area contributed by atoms with Crippen LogP contribution in [0.1, 0.15) is 55.3 Å². The number of amides is 1. The summed E-state index contributed by atoms with van der Waals surface area (Å²) in [6.45, 7) is 0. The predicted molar refractivity (Wildman–Crippen MR) is 79.1 cm³/mol. The van der Waals surface area contributed by atoms with Crippen LogP contribution in [0.15, 0.2) is 18.2 Å². The van der Waals surface area contributed by atoms with Gasteiger partial charge < -0.3 is 16.8 Å². The number of nitrogens with two attached hydrogens (primary N) is 2. The van der Waals surface area contributed by atoms with Crippen molar-refractivity contribution in [1.82, 2.24) is 0 Å². The molecule has 1 saturated carbocycles. The second-order valence-electron chi connectivity index (χ2n) is 5.35. The van der Waals surface area contributed by atoms with E-state index in [1.807, 2.05) is 6.07 Å². The largest absolute Gasteiger partial charge is 0.397 e. The number of carbonyl (C=O) groups is 1. The highest BCUT2D eigenvalue weighted by molar-refractivity contribution is 5.94. The lowest BCUT2D eigenvalue weighted by molar-refractivity contribution is 0.100. The summed E-state index contributed by atoms with van der Waals surface area (Å²) in [4.78, 5) is 11.1. The lowest BCUT2D eigenvalue weighted by atomic mass is 9.96. The third-order valence-corrected chi connectivity index (χ3v) is 3.80. The van der Waals surface area contributed by atoms with Crippen molar-refractivity contribution in [2.75, 3.05) is 11.1 Å². The molecule has 0 atom stereocenters. The van der Waals surface area contributed by atoms with Crippen molar-refractivity contribution in [3.63, 3.8) is 0 Å². The van der Waals surface area contributed by atoms with Crippen molar-refractivity contribution in [3.8, 4) is 0 Å². The molecule has 0 spiro atoms. The lowest BCUT2D eigenvalue weighted by Gasteiger charge is -2.23. The van der Waals surface area contributed by atoms with Crippen molar-refractivity contribution in [3.05, 3.63) is 23.8 Å². The summed E-state index contributed by atoms with van der Waals surface area (Å²) in [6, 6.07) is 5.72.